The van der Waals surface area contributed by atoms with Crippen molar-refractivity contribution in [3.63, 3.8) is 0 Å². The first-order chi connectivity index (χ1) is 11.3. The standard InChI is InChI=1S/C18H22N4O/c1-2-21-10-12-22(13-11-21)18(23)17-9-8-16(14-19-17)20-15-6-4-3-5-7-15/h3-9,14,20H,2,10-13H2,1H3. The van der Waals surface area contributed by atoms with Crippen molar-refractivity contribution < 1.29 is 4.79 Å². The van der Waals surface area contributed by atoms with Gasteiger partial charge < -0.3 is 15.1 Å². The van der Waals surface area contributed by atoms with Crippen LogP contribution in [-0.4, -0.2) is 53.4 Å². The average Bonchev–Trinajstić information content (AvgIpc) is 2.63. The Morgan fingerprint density at radius 2 is 1.78 bits per heavy atom. The van der Waals surface area contributed by atoms with Crippen molar-refractivity contribution in [1.82, 2.24) is 14.8 Å². The topological polar surface area (TPSA) is 48.5 Å². The maximum Gasteiger partial charge on any atom is 0.272 e. The molecule has 23 heavy (non-hydrogen) atoms. The normalized spacial score (nSPS) is 15.4. The van der Waals surface area contributed by atoms with Gasteiger partial charge in [-0.15, -0.1) is 0 Å². The second kappa shape index (κ2) is 7.24. The van der Waals surface area contributed by atoms with E-state index in [0.29, 0.717) is 5.69 Å². The summed E-state index contributed by atoms with van der Waals surface area (Å²) in [5.74, 6) is 0.0204. The molecule has 5 heteroatoms. The molecule has 1 aliphatic rings. The Morgan fingerprint density at radius 3 is 2.39 bits per heavy atom. The van der Waals surface area contributed by atoms with Crippen LogP contribution in [0.1, 0.15) is 17.4 Å². The number of piperazine rings is 1. The number of hydrogen-bond donors (Lipinski definition) is 1. The maximum atomic E-state index is 12.5. The Balaban J connectivity index is 1.62. The molecule has 0 aliphatic carbocycles. The molecule has 2 aromatic rings. The zero-order chi connectivity index (χ0) is 16.1. The summed E-state index contributed by atoms with van der Waals surface area (Å²) in [6, 6.07) is 13.6. The van der Waals surface area contributed by atoms with Gasteiger partial charge in [0.15, 0.2) is 0 Å². The van der Waals surface area contributed by atoms with Gasteiger partial charge in [-0.3, -0.25) is 4.79 Å². The molecule has 0 spiro atoms. The lowest BCUT2D eigenvalue weighted by Crippen LogP contribution is -2.48. The maximum absolute atomic E-state index is 12.5. The van der Waals surface area contributed by atoms with E-state index in [1.165, 1.54) is 0 Å². The highest BCUT2D eigenvalue weighted by Gasteiger charge is 2.21. The van der Waals surface area contributed by atoms with E-state index in [0.717, 1.165) is 44.1 Å². The summed E-state index contributed by atoms with van der Waals surface area (Å²) in [4.78, 5) is 21.0. The molecule has 1 aromatic heterocycles. The van der Waals surface area contributed by atoms with Crippen molar-refractivity contribution in [3.8, 4) is 0 Å². The zero-order valence-electron chi connectivity index (χ0n) is 13.4. The van der Waals surface area contributed by atoms with Crippen LogP contribution in [0.3, 0.4) is 0 Å². The van der Waals surface area contributed by atoms with Gasteiger partial charge >= 0.3 is 0 Å². The SMILES string of the molecule is CCN1CCN(C(=O)c2ccc(Nc3ccccc3)cn2)CC1. The highest BCUT2D eigenvalue weighted by atomic mass is 16.2. The minimum Gasteiger partial charge on any atom is -0.354 e. The number of nitrogens with one attached hydrogen (secondary N) is 1. The van der Waals surface area contributed by atoms with Gasteiger partial charge in [-0.25, -0.2) is 4.98 Å². The van der Waals surface area contributed by atoms with E-state index in [2.05, 4.69) is 22.1 Å². The molecule has 1 aliphatic heterocycles. The Morgan fingerprint density at radius 1 is 1.04 bits per heavy atom. The minimum atomic E-state index is 0.0204. The van der Waals surface area contributed by atoms with Crippen LogP contribution in [0.4, 0.5) is 11.4 Å². The number of likely N-dealkylation sites (N-methyl/N-ethyl adjacent to an activating group) is 1. The molecule has 5 nitrogen and oxygen atoms in total. The number of hydrogen-bond acceptors (Lipinski definition) is 4. The fraction of sp³-hybridized carbons (Fsp3) is 0.333. The highest BCUT2D eigenvalue weighted by Crippen LogP contribution is 2.16. The summed E-state index contributed by atoms with van der Waals surface area (Å²) in [6.45, 7) is 6.63. The van der Waals surface area contributed by atoms with E-state index in [-0.39, 0.29) is 5.91 Å². The summed E-state index contributed by atoms with van der Waals surface area (Å²) >= 11 is 0. The summed E-state index contributed by atoms with van der Waals surface area (Å²) in [5, 5.41) is 3.27. The number of rotatable bonds is 4. The predicted molar refractivity (Wildman–Crippen MR) is 92.0 cm³/mol. The van der Waals surface area contributed by atoms with Crippen molar-refractivity contribution in [2.24, 2.45) is 0 Å². The highest BCUT2D eigenvalue weighted by molar-refractivity contribution is 5.92. The minimum absolute atomic E-state index is 0.0204. The third-order valence-electron chi connectivity index (χ3n) is 4.15. The molecule has 0 radical (unpaired) electrons. The summed E-state index contributed by atoms with van der Waals surface area (Å²) < 4.78 is 0. The molecule has 0 atom stereocenters. The average molecular weight is 310 g/mol. The first-order valence-electron chi connectivity index (χ1n) is 8.06. The molecular weight excluding hydrogens is 288 g/mol. The van der Waals surface area contributed by atoms with Gasteiger partial charge in [0.2, 0.25) is 0 Å². The number of amides is 1. The third-order valence-corrected chi connectivity index (χ3v) is 4.15. The fourth-order valence-corrected chi connectivity index (χ4v) is 2.71. The molecule has 2 heterocycles. The predicted octanol–water partition coefficient (Wildman–Crippen LogP) is 2.60. The Hall–Kier alpha value is -2.40. The first-order valence-corrected chi connectivity index (χ1v) is 8.06. The number of aromatic nitrogens is 1. The number of carbonyl (C=O) groups is 1. The molecule has 1 amide bonds. The molecule has 1 N–H and O–H groups in total. The number of pyridine rings is 1. The van der Waals surface area contributed by atoms with Gasteiger partial charge in [-0.05, 0) is 30.8 Å². The van der Waals surface area contributed by atoms with Crippen LogP contribution >= 0.6 is 0 Å². The summed E-state index contributed by atoms with van der Waals surface area (Å²) in [5.41, 5.74) is 2.39. The van der Waals surface area contributed by atoms with Crippen LogP contribution in [0, 0.1) is 0 Å². The molecule has 3 rings (SSSR count). The summed E-state index contributed by atoms with van der Waals surface area (Å²) in [7, 11) is 0. The summed E-state index contributed by atoms with van der Waals surface area (Å²) in [6.07, 6.45) is 1.71. The number of anilines is 2. The van der Waals surface area contributed by atoms with Crippen molar-refractivity contribution in [2.45, 2.75) is 6.92 Å². The van der Waals surface area contributed by atoms with Crippen LogP contribution in [-0.2, 0) is 0 Å². The van der Waals surface area contributed by atoms with Crippen LogP contribution in [0.2, 0.25) is 0 Å². The number of carbonyl (C=O) groups excluding carboxylic acids is 1. The molecular formula is C18H22N4O. The lowest BCUT2D eigenvalue weighted by molar-refractivity contribution is 0.0637. The van der Waals surface area contributed by atoms with E-state index in [4.69, 9.17) is 0 Å². The second-order valence-corrected chi connectivity index (χ2v) is 5.65. The fourth-order valence-electron chi connectivity index (χ4n) is 2.71. The largest absolute Gasteiger partial charge is 0.354 e. The Kier molecular flexibility index (Phi) is 4.88. The molecule has 1 fully saturated rings. The Labute approximate surface area is 136 Å². The monoisotopic (exact) mass is 310 g/mol. The number of para-hydroxylation sites is 1. The van der Waals surface area contributed by atoms with Crippen molar-refractivity contribution in [2.75, 3.05) is 38.0 Å². The van der Waals surface area contributed by atoms with Crippen LogP contribution in [0.15, 0.2) is 48.7 Å². The van der Waals surface area contributed by atoms with Crippen molar-refractivity contribution in [3.05, 3.63) is 54.4 Å². The van der Waals surface area contributed by atoms with Gasteiger partial charge in [0.25, 0.3) is 5.91 Å². The van der Waals surface area contributed by atoms with E-state index in [1.807, 2.05) is 41.3 Å². The molecule has 0 bridgehead atoms. The first kappa shape index (κ1) is 15.5. The zero-order valence-corrected chi connectivity index (χ0v) is 13.4. The molecule has 0 saturated carbocycles. The van der Waals surface area contributed by atoms with Crippen LogP contribution in [0.5, 0.6) is 0 Å². The molecule has 1 aromatic carbocycles. The molecule has 0 unspecified atom stereocenters. The smallest absolute Gasteiger partial charge is 0.272 e. The van der Waals surface area contributed by atoms with E-state index < -0.39 is 0 Å². The number of benzene rings is 1. The Bertz CT molecular complexity index is 634. The van der Waals surface area contributed by atoms with Crippen molar-refractivity contribution in [1.29, 1.82) is 0 Å². The van der Waals surface area contributed by atoms with E-state index >= 15 is 0 Å². The quantitative estimate of drug-likeness (QED) is 0.943. The van der Waals surface area contributed by atoms with Gasteiger partial charge in [-0.1, -0.05) is 25.1 Å². The van der Waals surface area contributed by atoms with Gasteiger partial charge in [0, 0.05) is 31.9 Å². The van der Waals surface area contributed by atoms with Gasteiger partial charge in [-0.2, -0.15) is 0 Å². The van der Waals surface area contributed by atoms with E-state index in [1.54, 1.807) is 12.3 Å². The van der Waals surface area contributed by atoms with E-state index in [9.17, 15) is 4.79 Å². The van der Waals surface area contributed by atoms with Gasteiger partial charge in [0.05, 0.1) is 11.9 Å². The van der Waals surface area contributed by atoms with Crippen LogP contribution in [0.25, 0.3) is 0 Å². The lowest BCUT2D eigenvalue weighted by Gasteiger charge is -2.33. The second-order valence-electron chi connectivity index (χ2n) is 5.65. The van der Waals surface area contributed by atoms with Gasteiger partial charge in [0.1, 0.15) is 5.69 Å². The number of nitrogens with zero attached hydrogens (tertiary/aromatic N) is 3. The third kappa shape index (κ3) is 3.87. The lowest BCUT2D eigenvalue weighted by atomic mass is 10.2. The molecule has 1 saturated heterocycles. The van der Waals surface area contributed by atoms with Crippen LogP contribution < -0.4 is 5.32 Å². The molecule has 120 valence electrons. The van der Waals surface area contributed by atoms with Crippen molar-refractivity contribution >= 4 is 17.3 Å².